The molecule has 1 saturated carbocycles. The standard InChI is InChI=1S/C24H28Cl3N3O4S/c1-16(24(32)28-18-6-3-4-7-18)30(14-20-21(26)8-5-9-22(20)27)23(31)15-29(2)35(33,34)19-12-10-17(25)11-13-19/h5,8-13,16,18H,3-4,6-7,14-15H2,1-2H3,(H,28,32)/t16-/m0/s1. The Morgan fingerprint density at radius 3 is 2.17 bits per heavy atom. The molecule has 0 bridgehead atoms. The van der Waals surface area contributed by atoms with Crippen molar-refractivity contribution < 1.29 is 18.0 Å². The minimum atomic E-state index is -3.96. The predicted octanol–water partition coefficient (Wildman–Crippen LogP) is 4.74. The molecule has 0 unspecified atom stereocenters. The van der Waals surface area contributed by atoms with E-state index < -0.39 is 28.5 Å². The second-order valence-electron chi connectivity index (χ2n) is 8.60. The van der Waals surface area contributed by atoms with Crippen molar-refractivity contribution in [1.82, 2.24) is 14.5 Å². The number of sulfonamides is 1. The van der Waals surface area contributed by atoms with Crippen LogP contribution in [-0.4, -0.2) is 55.1 Å². The molecule has 1 aliphatic carbocycles. The molecule has 35 heavy (non-hydrogen) atoms. The van der Waals surface area contributed by atoms with Gasteiger partial charge in [0.1, 0.15) is 6.04 Å². The molecule has 0 aliphatic heterocycles. The molecule has 1 atom stereocenters. The lowest BCUT2D eigenvalue weighted by molar-refractivity contribution is -0.140. The molecule has 0 radical (unpaired) electrons. The monoisotopic (exact) mass is 559 g/mol. The van der Waals surface area contributed by atoms with E-state index in [4.69, 9.17) is 34.8 Å². The fourth-order valence-corrected chi connectivity index (χ4v) is 5.74. The Bertz CT molecular complexity index is 1150. The van der Waals surface area contributed by atoms with Gasteiger partial charge in [0.15, 0.2) is 0 Å². The van der Waals surface area contributed by atoms with Crippen LogP contribution in [0.15, 0.2) is 47.4 Å². The third kappa shape index (κ3) is 6.89. The fourth-order valence-electron chi connectivity index (χ4n) is 3.98. The third-order valence-corrected chi connectivity index (χ3v) is 8.92. The Morgan fingerprint density at radius 2 is 1.60 bits per heavy atom. The maximum Gasteiger partial charge on any atom is 0.243 e. The van der Waals surface area contributed by atoms with Gasteiger partial charge >= 0.3 is 0 Å². The summed E-state index contributed by atoms with van der Waals surface area (Å²) in [5.74, 6) is -0.869. The van der Waals surface area contributed by atoms with Crippen LogP contribution in [-0.2, 0) is 26.2 Å². The van der Waals surface area contributed by atoms with Crippen molar-refractivity contribution in [2.45, 2.75) is 56.1 Å². The molecule has 0 aromatic heterocycles. The van der Waals surface area contributed by atoms with E-state index in [0.29, 0.717) is 20.6 Å². The molecule has 7 nitrogen and oxygen atoms in total. The molecule has 2 amide bonds. The predicted molar refractivity (Wildman–Crippen MR) is 138 cm³/mol. The molecule has 2 aromatic carbocycles. The van der Waals surface area contributed by atoms with Gasteiger partial charge in [0, 0.05) is 40.3 Å². The first-order valence-corrected chi connectivity index (χ1v) is 13.8. The Hall–Kier alpha value is -1.84. The van der Waals surface area contributed by atoms with E-state index in [2.05, 4.69) is 5.32 Å². The highest BCUT2D eigenvalue weighted by Gasteiger charge is 2.32. The molecule has 190 valence electrons. The van der Waals surface area contributed by atoms with Crippen molar-refractivity contribution in [2.24, 2.45) is 0 Å². The van der Waals surface area contributed by atoms with Crippen LogP contribution in [0.25, 0.3) is 0 Å². The maximum absolute atomic E-state index is 13.4. The van der Waals surface area contributed by atoms with Crippen LogP contribution < -0.4 is 5.32 Å². The molecule has 1 fully saturated rings. The summed E-state index contributed by atoms with van der Waals surface area (Å²) in [4.78, 5) is 27.8. The first-order chi connectivity index (χ1) is 16.5. The summed E-state index contributed by atoms with van der Waals surface area (Å²) in [6, 6.07) is 9.84. The van der Waals surface area contributed by atoms with Gasteiger partial charge in [-0.25, -0.2) is 8.42 Å². The van der Waals surface area contributed by atoms with Gasteiger partial charge in [-0.15, -0.1) is 0 Å². The summed E-state index contributed by atoms with van der Waals surface area (Å²) < 4.78 is 26.9. The number of carbonyl (C=O) groups is 2. The molecule has 0 spiro atoms. The molecule has 0 heterocycles. The molecular weight excluding hydrogens is 533 g/mol. The van der Waals surface area contributed by atoms with Gasteiger partial charge in [0.25, 0.3) is 0 Å². The maximum atomic E-state index is 13.4. The molecule has 3 rings (SSSR count). The second kappa shape index (κ2) is 11.9. The van der Waals surface area contributed by atoms with Crippen molar-refractivity contribution in [3.8, 4) is 0 Å². The SMILES string of the molecule is C[C@@H](C(=O)NC1CCCC1)N(Cc1c(Cl)cccc1Cl)C(=O)CN(C)S(=O)(=O)c1ccc(Cl)cc1. The van der Waals surface area contributed by atoms with Crippen LogP contribution >= 0.6 is 34.8 Å². The summed E-state index contributed by atoms with van der Waals surface area (Å²) in [7, 11) is -2.65. The number of rotatable bonds is 9. The molecule has 2 aromatic rings. The third-order valence-electron chi connectivity index (χ3n) is 6.14. The van der Waals surface area contributed by atoms with Crippen LogP contribution in [0.2, 0.25) is 15.1 Å². The van der Waals surface area contributed by atoms with Crippen LogP contribution in [0.1, 0.15) is 38.2 Å². The Labute approximate surface area is 221 Å². The van der Waals surface area contributed by atoms with Gasteiger partial charge < -0.3 is 10.2 Å². The number of amides is 2. The number of benzene rings is 2. The highest BCUT2D eigenvalue weighted by atomic mass is 35.5. The second-order valence-corrected chi connectivity index (χ2v) is 11.9. The summed E-state index contributed by atoms with van der Waals surface area (Å²) in [6.45, 7) is 1.08. The molecule has 11 heteroatoms. The highest BCUT2D eigenvalue weighted by molar-refractivity contribution is 7.89. The topological polar surface area (TPSA) is 86.8 Å². The Kier molecular flexibility index (Phi) is 9.46. The number of carbonyl (C=O) groups excluding carboxylic acids is 2. The lowest BCUT2D eigenvalue weighted by atomic mass is 10.1. The zero-order valence-corrected chi connectivity index (χ0v) is 22.6. The van der Waals surface area contributed by atoms with Crippen molar-refractivity contribution >= 4 is 56.6 Å². The summed E-state index contributed by atoms with van der Waals surface area (Å²) >= 11 is 18.5. The van der Waals surface area contributed by atoms with Crippen LogP contribution in [0.5, 0.6) is 0 Å². The normalized spacial score (nSPS) is 15.3. The number of halogens is 3. The minimum Gasteiger partial charge on any atom is -0.352 e. The number of hydrogen-bond acceptors (Lipinski definition) is 4. The first-order valence-electron chi connectivity index (χ1n) is 11.3. The molecule has 0 saturated heterocycles. The van der Waals surface area contributed by atoms with Crippen molar-refractivity contribution in [3.05, 3.63) is 63.1 Å². The fraction of sp³-hybridized carbons (Fsp3) is 0.417. The van der Waals surface area contributed by atoms with Crippen molar-refractivity contribution in [2.75, 3.05) is 13.6 Å². The lowest BCUT2D eigenvalue weighted by Gasteiger charge is -2.31. The van der Waals surface area contributed by atoms with Crippen molar-refractivity contribution in [1.29, 1.82) is 0 Å². The van der Waals surface area contributed by atoms with E-state index >= 15 is 0 Å². The van der Waals surface area contributed by atoms with Crippen LogP contribution in [0.4, 0.5) is 0 Å². The summed E-state index contributed by atoms with van der Waals surface area (Å²) in [5, 5.41) is 4.09. The van der Waals surface area contributed by atoms with E-state index in [-0.39, 0.29) is 23.4 Å². The van der Waals surface area contributed by atoms with Crippen LogP contribution in [0.3, 0.4) is 0 Å². The number of hydrogen-bond donors (Lipinski definition) is 1. The number of likely N-dealkylation sites (N-methyl/N-ethyl adjacent to an activating group) is 1. The van der Waals surface area contributed by atoms with E-state index in [1.54, 1.807) is 25.1 Å². The quantitative estimate of drug-likeness (QED) is 0.480. The Balaban J connectivity index is 1.84. The zero-order chi connectivity index (χ0) is 25.8. The van der Waals surface area contributed by atoms with Gasteiger partial charge in [-0.3, -0.25) is 9.59 Å². The first kappa shape index (κ1) is 27.7. The van der Waals surface area contributed by atoms with Gasteiger partial charge in [0.05, 0.1) is 11.4 Å². The van der Waals surface area contributed by atoms with E-state index in [1.165, 1.54) is 36.2 Å². The summed E-state index contributed by atoms with van der Waals surface area (Å²) in [6.07, 6.45) is 3.88. The smallest absolute Gasteiger partial charge is 0.243 e. The number of nitrogens with one attached hydrogen (secondary N) is 1. The lowest BCUT2D eigenvalue weighted by Crippen LogP contribution is -2.52. The molecule has 1 N–H and O–H groups in total. The Morgan fingerprint density at radius 1 is 1.03 bits per heavy atom. The average molecular weight is 561 g/mol. The zero-order valence-electron chi connectivity index (χ0n) is 19.5. The van der Waals surface area contributed by atoms with Gasteiger partial charge in [0.2, 0.25) is 21.8 Å². The highest BCUT2D eigenvalue weighted by Crippen LogP contribution is 2.27. The summed E-state index contributed by atoms with van der Waals surface area (Å²) in [5.41, 5.74) is 0.480. The average Bonchev–Trinajstić information content (AvgIpc) is 3.31. The van der Waals surface area contributed by atoms with Crippen LogP contribution in [0, 0.1) is 0 Å². The number of nitrogens with zero attached hydrogens (tertiary/aromatic N) is 2. The van der Waals surface area contributed by atoms with Gasteiger partial charge in [-0.1, -0.05) is 53.7 Å². The van der Waals surface area contributed by atoms with Gasteiger partial charge in [-0.2, -0.15) is 4.31 Å². The minimum absolute atomic E-state index is 0.00456. The van der Waals surface area contributed by atoms with Crippen molar-refractivity contribution in [3.63, 3.8) is 0 Å². The van der Waals surface area contributed by atoms with E-state index in [1.807, 2.05) is 0 Å². The molecular formula is C24H28Cl3N3O4S. The largest absolute Gasteiger partial charge is 0.352 e. The van der Waals surface area contributed by atoms with E-state index in [9.17, 15) is 18.0 Å². The van der Waals surface area contributed by atoms with E-state index in [0.717, 1.165) is 30.0 Å². The van der Waals surface area contributed by atoms with Gasteiger partial charge in [-0.05, 0) is 56.2 Å². The molecule has 1 aliphatic rings.